The molecule has 0 saturated carbocycles. The molecule has 1 aromatic heterocycles. The number of pyridine rings is 1. The smallest absolute Gasteiger partial charge is 0.196 e. The molecule has 2 aromatic carbocycles. The standard InChI is InChI=1S/C26H30N2O2/c1-3-4-5-8-16-27-26-24(15-10-17-28-26)25(29)21-13-9-14-23(18-21)30-19-22-12-7-6-11-20(22)2/h6-7,9-15,17-18H,3-5,8,16,19H2,1-2H3,(H,27,28). The molecule has 0 saturated heterocycles. The second-order valence-corrected chi connectivity index (χ2v) is 7.46. The predicted molar refractivity (Wildman–Crippen MR) is 122 cm³/mol. The van der Waals surface area contributed by atoms with Crippen molar-refractivity contribution in [2.24, 2.45) is 0 Å². The summed E-state index contributed by atoms with van der Waals surface area (Å²) in [5.41, 5.74) is 3.51. The van der Waals surface area contributed by atoms with E-state index in [1.165, 1.54) is 24.8 Å². The third-order valence-corrected chi connectivity index (χ3v) is 5.13. The first-order chi connectivity index (χ1) is 14.7. The number of anilines is 1. The van der Waals surface area contributed by atoms with Crippen molar-refractivity contribution in [3.63, 3.8) is 0 Å². The van der Waals surface area contributed by atoms with Crippen LogP contribution in [0.1, 0.15) is 59.7 Å². The summed E-state index contributed by atoms with van der Waals surface area (Å²) in [6.45, 7) is 5.55. The number of carbonyl (C=O) groups excluding carboxylic acids is 1. The summed E-state index contributed by atoms with van der Waals surface area (Å²) in [6.07, 6.45) is 6.40. The SMILES string of the molecule is CCCCCCNc1ncccc1C(=O)c1cccc(OCc2ccccc2C)c1. The highest BCUT2D eigenvalue weighted by molar-refractivity contribution is 6.12. The van der Waals surface area contributed by atoms with Crippen molar-refractivity contribution in [2.75, 3.05) is 11.9 Å². The molecule has 0 amide bonds. The van der Waals surface area contributed by atoms with Gasteiger partial charge < -0.3 is 10.1 Å². The van der Waals surface area contributed by atoms with Crippen LogP contribution in [0.5, 0.6) is 5.75 Å². The summed E-state index contributed by atoms with van der Waals surface area (Å²) in [7, 11) is 0. The van der Waals surface area contributed by atoms with Crippen molar-refractivity contribution < 1.29 is 9.53 Å². The zero-order valence-corrected chi connectivity index (χ0v) is 17.9. The molecule has 0 radical (unpaired) electrons. The zero-order valence-electron chi connectivity index (χ0n) is 17.9. The Labute approximate surface area is 179 Å². The molecule has 0 unspecified atom stereocenters. The summed E-state index contributed by atoms with van der Waals surface area (Å²) in [5, 5.41) is 3.33. The van der Waals surface area contributed by atoms with Gasteiger partial charge in [0.1, 0.15) is 18.2 Å². The van der Waals surface area contributed by atoms with Crippen LogP contribution in [0.2, 0.25) is 0 Å². The Balaban J connectivity index is 1.68. The van der Waals surface area contributed by atoms with Crippen LogP contribution in [-0.4, -0.2) is 17.3 Å². The lowest BCUT2D eigenvalue weighted by Gasteiger charge is -2.12. The normalized spacial score (nSPS) is 10.6. The summed E-state index contributed by atoms with van der Waals surface area (Å²) in [6, 6.07) is 19.1. The summed E-state index contributed by atoms with van der Waals surface area (Å²) < 4.78 is 5.95. The molecule has 0 fully saturated rings. The molecule has 0 aliphatic carbocycles. The van der Waals surface area contributed by atoms with Gasteiger partial charge in [0.15, 0.2) is 5.78 Å². The van der Waals surface area contributed by atoms with Crippen molar-refractivity contribution in [3.8, 4) is 5.75 Å². The van der Waals surface area contributed by atoms with Gasteiger partial charge in [-0.25, -0.2) is 4.98 Å². The number of nitrogens with zero attached hydrogens (tertiary/aromatic N) is 1. The fourth-order valence-electron chi connectivity index (χ4n) is 3.30. The van der Waals surface area contributed by atoms with Gasteiger partial charge in [0, 0.05) is 18.3 Å². The number of unbranched alkanes of at least 4 members (excludes halogenated alkanes) is 3. The van der Waals surface area contributed by atoms with Gasteiger partial charge in [0.2, 0.25) is 0 Å². The number of hydrogen-bond acceptors (Lipinski definition) is 4. The number of benzene rings is 2. The molecule has 4 heteroatoms. The average molecular weight is 403 g/mol. The molecule has 0 aliphatic heterocycles. The van der Waals surface area contributed by atoms with E-state index in [1.807, 2.05) is 36.4 Å². The van der Waals surface area contributed by atoms with Crippen molar-refractivity contribution in [3.05, 3.63) is 89.1 Å². The number of ether oxygens (including phenoxy) is 1. The number of rotatable bonds is 11. The maximum Gasteiger partial charge on any atom is 0.196 e. The Morgan fingerprint density at radius 1 is 1.00 bits per heavy atom. The van der Waals surface area contributed by atoms with Gasteiger partial charge in [-0.2, -0.15) is 0 Å². The third kappa shape index (κ3) is 5.93. The van der Waals surface area contributed by atoms with Crippen molar-refractivity contribution in [1.29, 1.82) is 0 Å². The van der Waals surface area contributed by atoms with Crippen molar-refractivity contribution >= 4 is 11.6 Å². The second kappa shape index (κ2) is 11.1. The Morgan fingerprint density at radius 3 is 2.70 bits per heavy atom. The fraction of sp³-hybridized carbons (Fsp3) is 0.308. The minimum Gasteiger partial charge on any atom is -0.489 e. The number of aryl methyl sites for hydroxylation is 1. The molecule has 3 aromatic rings. The van der Waals surface area contributed by atoms with Crippen LogP contribution >= 0.6 is 0 Å². The molecule has 0 bridgehead atoms. The zero-order chi connectivity index (χ0) is 21.2. The monoisotopic (exact) mass is 402 g/mol. The van der Waals surface area contributed by atoms with Gasteiger partial charge in [0.05, 0.1) is 5.56 Å². The summed E-state index contributed by atoms with van der Waals surface area (Å²) in [5.74, 6) is 1.27. The molecule has 3 rings (SSSR count). The van der Waals surface area contributed by atoms with Crippen LogP contribution in [0.3, 0.4) is 0 Å². The van der Waals surface area contributed by atoms with Crippen molar-refractivity contribution in [1.82, 2.24) is 4.98 Å². The molecule has 0 spiro atoms. The Hall–Kier alpha value is -3.14. The van der Waals surface area contributed by atoms with Gasteiger partial charge in [0.25, 0.3) is 0 Å². The molecular formula is C26H30N2O2. The topological polar surface area (TPSA) is 51.2 Å². The quantitative estimate of drug-likeness (QED) is 0.307. The van der Waals surface area contributed by atoms with Crippen molar-refractivity contribution in [2.45, 2.75) is 46.1 Å². The highest BCUT2D eigenvalue weighted by Gasteiger charge is 2.15. The Kier molecular flexibility index (Phi) is 8.02. The lowest BCUT2D eigenvalue weighted by atomic mass is 10.0. The molecule has 1 N–H and O–H groups in total. The number of ketones is 1. The molecule has 156 valence electrons. The van der Waals surface area contributed by atoms with Crippen LogP contribution in [0, 0.1) is 6.92 Å². The van der Waals surface area contributed by atoms with E-state index in [9.17, 15) is 4.79 Å². The second-order valence-electron chi connectivity index (χ2n) is 7.46. The highest BCUT2D eigenvalue weighted by atomic mass is 16.5. The minimum absolute atomic E-state index is 0.0551. The highest BCUT2D eigenvalue weighted by Crippen LogP contribution is 2.21. The molecule has 30 heavy (non-hydrogen) atoms. The maximum atomic E-state index is 13.1. The number of carbonyl (C=O) groups is 1. The summed E-state index contributed by atoms with van der Waals surface area (Å²) >= 11 is 0. The van der Waals surface area contributed by atoms with Gasteiger partial charge in [-0.3, -0.25) is 4.79 Å². The Bertz CT molecular complexity index is 969. The van der Waals surface area contributed by atoms with Gasteiger partial charge >= 0.3 is 0 Å². The van der Waals surface area contributed by atoms with Crippen LogP contribution in [0.25, 0.3) is 0 Å². The van der Waals surface area contributed by atoms with Gasteiger partial charge in [-0.05, 0) is 48.7 Å². The van der Waals surface area contributed by atoms with E-state index >= 15 is 0 Å². The van der Waals surface area contributed by atoms with Crippen LogP contribution in [0.4, 0.5) is 5.82 Å². The van der Waals surface area contributed by atoms with E-state index in [1.54, 1.807) is 18.3 Å². The minimum atomic E-state index is -0.0551. The average Bonchev–Trinajstić information content (AvgIpc) is 2.78. The van der Waals surface area contributed by atoms with E-state index in [-0.39, 0.29) is 5.78 Å². The first-order valence-corrected chi connectivity index (χ1v) is 10.7. The first kappa shape index (κ1) is 21.6. The third-order valence-electron chi connectivity index (χ3n) is 5.13. The van der Waals surface area contributed by atoms with Crippen LogP contribution in [-0.2, 0) is 6.61 Å². The molecule has 0 atom stereocenters. The molecule has 1 heterocycles. The largest absolute Gasteiger partial charge is 0.489 e. The molecule has 4 nitrogen and oxygen atoms in total. The van der Waals surface area contributed by atoms with Crippen LogP contribution < -0.4 is 10.1 Å². The van der Waals surface area contributed by atoms with E-state index in [0.717, 1.165) is 18.5 Å². The number of aromatic nitrogens is 1. The van der Waals surface area contributed by atoms with E-state index in [0.29, 0.717) is 29.3 Å². The van der Waals surface area contributed by atoms with Crippen LogP contribution in [0.15, 0.2) is 66.9 Å². The van der Waals surface area contributed by atoms with E-state index < -0.39 is 0 Å². The molecular weight excluding hydrogens is 372 g/mol. The number of nitrogens with one attached hydrogen (secondary N) is 1. The number of hydrogen-bond donors (Lipinski definition) is 1. The molecule has 0 aliphatic rings. The lowest BCUT2D eigenvalue weighted by molar-refractivity contribution is 0.103. The van der Waals surface area contributed by atoms with Gasteiger partial charge in [-0.1, -0.05) is 62.6 Å². The van der Waals surface area contributed by atoms with E-state index in [4.69, 9.17) is 4.74 Å². The lowest BCUT2D eigenvalue weighted by Crippen LogP contribution is -2.11. The first-order valence-electron chi connectivity index (χ1n) is 10.7. The summed E-state index contributed by atoms with van der Waals surface area (Å²) in [4.78, 5) is 17.5. The van der Waals surface area contributed by atoms with Gasteiger partial charge in [-0.15, -0.1) is 0 Å². The fourth-order valence-corrected chi connectivity index (χ4v) is 3.30. The van der Waals surface area contributed by atoms with E-state index in [2.05, 4.69) is 36.3 Å². The maximum absolute atomic E-state index is 13.1. The Morgan fingerprint density at radius 2 is 1.87 bits per heavy atom. The predicted octanol–water partition coefficient (Wildman–Crippen LogP) is 6.19.